The lowest BCUT2D eigenvalue weighted by atomic mass is 10.00. The van der Waals surface area contributed by atoms with Crippen LogP contribution in [-0.2, 0) is 25.6 Å². The van der Waals surface area contributed by atoms with Crippen LogP contribution < -0.4 is 4.74 Å². The number of hydrogen-bond acceptors (Lipinski definition) is 5. The van der Waals surface area contributed by atoms with Crippen LogP contribution in [0.5, 0.6) is 5.75 Å². The third kappa shape index (κ3) is 3.42. The third-order valence-corrected chi connectivity index (χ3v) is 4.43. The molecule has 1 aromatic carbocycles. The summed E-state index contributed by atoms with van der Waals surface area (Å²) >= 11 is 0. The number of halogens is 1. The fourth-order valence-corrected chi connectivity index (χ4v) is 3.17. The number of alkyl halides is 1. The second-order valence-corrected chi connectivity index (χ2v) is 6.81. The monoisotopic (exact) mass is 340 g/mol. The second-order valence-electron chi connectivity index (χ2n) is 6.81. The smallest absolute Gasteiger partial charge is 0.197 e. The number of methoxy groups -OCH3 is 1. The van der Waals surface area contributed by atoms with Crippen molar-refractivity contribution in [1.29, 1.82) is 0 Å². The summed E-state index contributed by atoms with van der Waals surface area (Å²) in [4.78, 5) is 0. The number of fused-ring (bicyclic) bond motifs is 1. The Morgan fingerprint density at radius 3 is 2.75 bits per heavy atom. The standard InChI is InChI=1S/C18H25FO5/c1-11(2)14-15(16-17(22-14)24-18(3,10-19)23-16)21-9-12-6-5-7-13(8-12)20-4/h5-8,11,14-17H,9-10H2,1-4H3/t14-,15+,16-,17-,18?/m1/s1. The maximum Gasteiger partial charge on any atom is 0.197 e. The molecule has 0 radical (unpaired) electrons. The molecule has 5 atom stereocenters. The number of ether oxygens (including phenoxy) is 5. The van der Waals surface area contributed by atoms with Gasteiger partial charge in [0.25, 0.3) is 0 Å². The fraction of sp³-hybridized carbons (Fsp3) is 0.667. The normalized spacial score (nSPS) is 35.4. The molecule has 2 saturated heterocycles. The summed E-state index contributed by atoms with van der Waals surface area (Å²) in [6, 6.07) is 7.70. The number of rotatable bonds is 6. The summed E-state index contributed by atoms with van der Waals surface area (Å²) in [5.74, 6) is -0.244. The molecule has 0 bridgehead atoms. The van der Waals surface area contributed by atoms with E-state index >= 15 is 0 Å². The molecule has 2 fully saturated rings. The van der Waals surface area contributed by atoms with Crippen LogP contribution in [0.2, 0.25) is 0 Å². The Morgan fingerprint density at radius 1 is 1.29 bits per heavy atom. The van der Waals surface area contributed by atoms with Gasteiger partial charge in [0.2, 0.25) is 0 Å². The van der Waals surface area contributed by atoms with Crippen LogP contribution >= 0.6 is 0 Å². The van der Waals surface area contributed by atoms with Crippen LogP contribution in [0.15, 0.2) is 24.3 Å². The minimum atomic E-state index is -1.26. The molecule has 2 aliphatic rings. The quantitative estimate of drug-likeness (QED) is 0.796. The average Bonchev–Trinajstić information content (AvgIpc) is 3.07. The van der Waals surface area contributed by atoms with E-state index in [1.54, 1.807) is 14.0 Å². The molecule has 134 valence electrons. The van der Waals surface area contributed by atoms with Crippen LogP contribution in [0.4, 0.5) is 4.39 Å². The van der Waals surface area contributed by atoms with E-state index in [0.717, 1.165) is 11.3 Å². The Hall–Kier alpha value is -1.21. The largest absolute Gasteiger partial charge is 0.497 e. The first-order valence-electron chi connectivity index (χ1n) is 8.27. The van der Waals surface area contributed by atoms with E-state index < -0.39 is 24.9 Å². The molecular formula is C18H25FO5. The first-order valence-corrected chi connectivity index (χ1v) is 8.27. The van der Waals surface area contributed by atoms with Gasteiger partial charge in [-0.05, 0) is 30.5 Å². The Labute approximate surface area is 142 Å². The maximum absolute atomic E-state index is 13.1. The van der Waals surface area contributed by atoms with E-state index in [1.165, 1.54) is 0 Å². The molecule has 0 spiro atoms. The average molecular weight is 340 g/mol. The van der Waals surface area contributed by atoms with Crippen molar-refractivity contribution >= 4 is 0 Å². The highest BCUT2D eigenvalue weighted by Crippen LogP contribution is 2.41. The summed E-state index contributed by atoms with van der Waals surface area (Å²) in [5.41, 5.74) is 0.993. The summed E-state index contributed by atoms with van der Waals surface area (Å²) in [5, 5.41) is 0. The molecule has 3 rings (SSSR count). The lowest BCUT2D eigenvalue weighted by molar-refractivity contribution is -0.237. The minimum Gasteiger partial charge on any atom is -0.497 e. The first kappa shape index (κ1) is 17.6. The van der Waals surface area contributed by atoms with Crippen molar-refractivity contribution in [2.24, 2.45) is 5.92 Å². The van der Waals surface area contributed by atoms with Gasteiger partial charge in [-0.1, -0.05) is 26.0 Å². The summed E-state index contributed by atoms with van der Waals surface area (Å²) < 4.78 is 41.8. The van der Waals surface area contributed by atoms with Crippen LogP contribution in [0.25, 0.3) is 0 Å². The van der Waals surface area contributed by atoms with Gasteiger partial charge in [-0.2, -0.15) is 0 Å². The van der Waals surface area contributed by atoms with Gasteiger partial charge in [-0.25, -0.2) is 4.39 Å². The molecule has 0 amide bonds. The highest BCUT2D eigenvalue weighted by Gasteiger charge is 2.57. The lowest BCUT2D eigenvalue weighted by Crippen LogP contribution is -2.40. The Morgan fingerprint density at radius 2 is 2.08 bits per heavy atom. The molecule has 0 aliphatic carbocycles. The zero-order valence-electron chi connectivity index (χ0n) is 14.5. The van der Waals surface area contributed by atoms with Gasteiger partial charge in [0.15, 0.2) is 12.1 Å². The van der Waals surface area contributed by atoms with Crippen LogP contribution in [-0.4, -0.2) is 44.2 Å². The Balaban J connectivity index is 1.71. The van der Waals surface area contributed by atoms with Gasteiger partial charge < -0.3 is 23.7 Å². The Kier molecular flexibility index (Phi) is 5.11. The molecule has 0 aromatic heterocycles. The van der Waals surface area contributed by atoms with Gasteiger partial charge >= 0.3 is 0 Å². The molecule has 1 unspecified atom stereocenters. The van der Waals surface area contributed by atoms with Crippen LogP contribution in [0, 0.1) is 5.92 Å². The zero-order chi connectivity index (χ0) is 17.3. The summed E-state index contributed by atoms with van der Waals surface area (Å²) in [6.45, 7) is 5.37. The zero-order valence-corrected chi connectivity index (χ0v) is 14.5. The fourth-order valence-electron chi connectivity index (χ4n) is 3.17. The highest BCUT2D eigenvalue weighted by atomic mass is 19.1. The predicted octanol–water partition coefficient (Wildman–Crippen LogP) is 3.06. The number of hydrogen-bond donors (Lipinski definition) is 0. The van der Waals surface area contributed by atoms with Crippen molar-refractivity contribution in [1.82, 2.24) is 0 Å². The molecular weight excluding hydrogens is 315 g/mol. The van der Waals surface area contributed by atoms with E-state index in [1.807, 2.05) is 24.3 Å². The maximum atomic E-state index is 13.1. The van der Waals surface area contributed by atoms with E-state index in [4.69, 9.17) is 23.7 Å². The lowest BCUT2D eigenvalue weighted by Gasteiger charge is -2.28. The Bertz CT molecular complexity index is 566. The second kappa shape index (κ2) is 6.96. The topological polar surface area (TPSA) is 46.2 Å². The van der Waals surface area contributed by atoms with Crippen molar-refractivity contribution in [3.05, 3.63) is 29.8 Å². The predicted molar refractivity (Wildman–Crippen MR) is 85.4 cm³/mol. The van der Waals surface area contributed by atoms with Crippen LogP contribution in [0.1, 0.15) is 26.3 Å². The van der Waals surface area contributed by atoms with Crippen molar-refractivity contribution in [2.45, 2.75) is 57.8 Å². The molecule has 5 nitrogen and oxygen atoms in total. The molecule has 0 saturated carbocycles. The molecule has 2 aliphatic heterocycles. The van der Waals surface area contributed by atoms with E-state index in [0.29, 0.717) is 6.61 Å². The van der Waals surface area contributed by atoms with Gasteiger partial charge in [-0.15, -0.1) is 0 Å². The summed E-state index contributed by atoms with van der Waals surface area (Å²) in [7, 11) is 1.63. The minimum absolute atomic E-state index is 0.158. The first-order chi connectivity index (χ1) is 11.5. The van der Waals surface area contributed by atoms with Gasteiger partial charge in [0, 0.05) is 0 Å². The SMILES string of the molecule is COc1cccc(CO[C@@H]2[C@H]3OC(C)(CF)O[C@H]3O[C@@H]2C(C)C)c1. The highest BCUT2D eigenvalue weighted by molar-refractivity contribution is 5.27. The molecule has 2 heterocycles. The summed E-state index contributed by atoms with van der Waals surface area (Å²) in [6.07, 6.45) is -1.48. The third-order valence-electron chi connectivity index (χ3n) is 4.43. The molecule has 0 N–H and O–H groups in total. The van der Waals surface area contributed by atoms with E-state index in [-0.39, 0.29) is 18.1 Å². The molecule has 1 aromatic rings. The van der Waals surface area contributed by atoms with Gasteiger partial charge in [0.05, 0.1) is 19.8 Å². The van der Waals surface area contributed by atoms with Gasteiger partial charge in [0.1, 0.15) is 24.6 Å². The van der Waals surface area contributed by atoms with Crippen molar-refractivity contribution in [3.8, 4) is 5.75 Å². The van der Waals surface area contributed by atoms with E-state index in [2.05, 4.69) is 13.8 Å². The number of benzene rings is 1. The molecule has 6 heteroatoms. The van der Waals surface area contributed by atoms with E-state index in [9.17, 15) is 4.39 Å². The van der Waals surface area contributed by atoms with Crippen LogP contribution in [0.3, 0.4) is 0 Å². The van der Waals surface area contributed by atoms with Crippen molar-refractivity contribution < 1.29 is 28.1 Å². The van der Waals surface area contributed by atoms with Gasteiger partial charge in [-0.3, -0.25) is 0 Å². The molecule has 24 heavy (non-hydrogen) atoms. The van der Waals surface area contributed by atoms with Crippen molar-refractivity contribution in [2.75, 3.05) is 13.8 Å². The van der Waals surface area contributed by atoms with Crippen molar-refractivity contribution in [3.63, 3.8) is 0 Å².